The highest BCUT2D eigenvalue weighted by Gasteiger charge is 2.17. The quantitative estimate of drug-likeness (QED) is 0.478. The standard InChI is InChI=1S/C7H14N2/c1-6-4-5-8-9(3)7(6)2/h5-7H,4H2,1-3H3/t6-,7-/m0/s1. The molecule has 9 heavy (non-hydrogen) atoms. The second-order valence-electron chi connectivity index (χ2n) is 2.83. The summed E-state index contributed by atoms with van der Waals surface area (Å²) in [6.07, 6.45) is 3.12. The van der Waals surface area contributed by atoms with E-state index < -0.39 is 0 Å². The first-order chi connectivity index (χ1) is 4.22. The highest BCUT2D eigenvalue weighted by atomic mass is 15.5. The van der Waals surface area contributed by atoms with Crippen molar-refractivity contribution in [3.05, 3.63) is 0 Å². The third kappa shape index (κ3) is 1.23. The van der Waals surface area contributed by atoms with Crippen LogP contribution >= 0.6 is 0 Å². The highest BCUT2D eigenvalue weighted by Crippen LogP contribution is 2.15. The molecule has 1 aliphatic heterocycles. The van der Waals surface area contributed by atoms with Crippen molar-refractivity contribution in [3.8, 4) is 0 Å². The Bertz CT molecular complexity index is 120. The first-order valence-electron chi connectivity index (χ1n) is 3.47. The van der Waals surface area contributed by atoms with Crippen molar-refractivity contribution in [1.29, 1.82) is 0 Å². The molecule has 2 atom stereocenters. The highest BCUT2D eigenvalue weighted by molar-refractivity contribution is 5.58. The number of rotatable bonds is 0. The normalized spacial score (nSPS) is 35.2. The van der Waals surface area contributed by atoms with Gasteiger partial charge in [0, 0.05) is 19.3 Å². The van der Waals surface area contributed by atoms with Crippen LogP contribution in [0.1, 0.15) is 20.3 Å². The van der Waals surface area contributed by atoms with Crippen LogP contribution in [0.15, 0.2) is 5.10 Å². The molecule has 2 nitrogen and oxygen atoms in total. The molecule has 2 heteroatoms. The summed E-state index contributed by atoms with van der Waals surface area (Å²) in [6, 6.07) is 0.606. The Kier molecular flexibility index (Phi) is 1.74. The molecule has 0 aromatic carbocycles. The molecule has 0 amide bonds. The van der Waals surface area contributed by atoms with Gasteiger partial charge < -0.3 is 0 Å². The van der Waals surface area contributed by atoms with Crippen LogP contribution in [-0.2, 0) is 0 Å². The van der Waals surface area contributed by atoms with Crippen LogP contribution in [0, 0.1) is 5.92 Å². The van der Waals surface area contributed by atoms with Crippen LogP contribution in [0.2, 0.25) is 0 Å². The third-order valence-electron chi connectivity index (χ3n) is 2.15. The van der Waals surface area contributed by atoms with Gasteiger partial charge in [0.2, 0.25) is 0 Å². The lowest BCUT2D eigenvalue weighted by molar-refractivity contribution is 0.197. The van der Waals surface area contributed by atoms with E-state index >= 15 is 0 Å². The molecule has 1 rings (SSSR count). The Labute approximate surface area is 56.5 Å². The minimum Gasteiger partial charge on any atom is -0.297 e. The number of hydrogen-bond acceptors (Lipinski definition) is 2. The van der Waals surface area contributed by atoms with E-state index in [0.29, 0.717) is 6.04 Å². The average molecular weight is 126 g/mol. The molecule has 0 N–H and O–H groups in total. The van der Waals surface area contributed by atoms with Crippen LogP contribution in [-0.4, -0.2) is 24.3 Å². The maximum Gasteiger partial charge on any atom is 0.0468 e. The van der Waals surface area contributed by atoms with Crippen molar-refractivity contribution in [2.24, 2.45) is 11.0 Å². The lowest BCUT2D eigenvalue weighted by atomic mass is 9.99. The molecule has 0 aromatic rings. The van der Waals surface area contributed by atoms with Crippen molar-refractivity contribution < 1.29 is 0 Å². The molecule has 0 unspecified atom stereocenters. The van der Waals surface area contributed by atoms with E-state index in [1.807, 2.05) is 18.3 Å². The van der Waals surface area contributed by atoms with Crippen LogP contribution in [0.4, 0.5) is 0 Å². The SMILES string of the molecule is C[C@H]1CC=NN(C)[C@H]1C. The zero-order chi connectivity index (χ0) is 6.85. The number of hydrazone groups is 1. The monoisotopic (exact) mass is 126 g/mol. The maximum atomic E-state index is 4.17. The van der Waals surface area contributed by atoms with E-state index in [9.17, 15) is 0 Å². The number of nitrogens with zero attached hydrogens (tertiary/aromatic N) is 2. The Hall–Kier alpha value is -0.530. The van der Waals surface area contributed by atoms with E-state index in [2.05, 4.69) is 18.9 Å². The van der Waals surface area contributed by atoms with Gasteiger partial charge in [0.25, 0.3) is 0 Å². The second kappa shape index (κ2) is 2.38. The predicted molar refractivity (Wildman–Crippen MR) is 39.5 cm³/mol. The smallest absolute Gasteiger partial charge is 0.0468 e. The lowest BCUT2D eigenvalue weighted by Gasteiger charge is -2.30. The molecule has 0 bridgehead atoms. The minimum atomic E-state index is 0.606. The van der Waals surface area contributed by atoms with Crippen LogP contribution < -0.4 is 0 Å². The first kappa shape index (κ1) is 6.59. The molecule has 0 saturated carbocycles. The largest absolute Gasteiger partial charge is 0.297 e. The van der Waals surface area contributed by atoms with E-state index in [1.54, 1.807) is 0 Å². The topological polar surface area (TPSA) is 15.6 Å². The van der Waals surface area contributed by atoms with Crippen LogP contribution in [0.25, 0.3) is 0 Å². The number of hydrogen-bond donors (Lipinski definition) is 0. The zero-order valence-corrected chi connectivity index (χ0v) is 6.33. The summed E-state index contributed by atoms with van der Waals surface area (Å²) in [6.45, 7) is 4.47. The molecule has 0 spiro atoms. The van der Waals surface area contributed by atoms with Gasteiger partial charge in [-0.2, -0.15) is 5.10 Å². The Balaban J connectivity index is 2.58. The Morgan fingerprint density at radius 2 is 2.22 bits per heavy atom. The fourth-order valence-electron chi connectivity index (χ4n) is 1.01. The fourth-order valence-corrected chi connectivity index (χ4v) is 1.01. The van der Waals surface area contributed by atoms with Crippen molar-refractivity contribution >= 4 is 6.21 Å². The van der Waals surface area contributed by atoms with Crippen molar-refractivity contribution in [2.75, 3.05) is 7.05 Å². The van der Waals surface area contributed by atoms with E-state index in [1.165, 1.54) is 0 Å². The van der Waals surface area contributed by atoms with Gasteiger partial charge in [-0.25, -0.2) is 0 Å². The van der Waals surface area contributed by atoms with Gasteiger partial charge >= 0.3 is 0 Å². The van der Waals surface area contributed by atoms with Gasteiger partial charge in [-0.05, 0) is 19.3 Å². The van der Waals surface area contributed by atoms with E-state index in [0.717, 1.165) is 12.3 Å². The van der Waals surface area contributed by atoms with E-state index in [-0.39, 0.29) is 0 Å². The molecule has 1 heterocycles. The zero-order valence-electron chi connectivity index (χ0n) is 6.33. The van der Waals surface area contributed by atoms with Crippen LogP contribution in [0.3, 0.4) is 0 Å². The lowest BCUT2D eigenvalue weighted by Crippen LogP contribution is -2.33. The average Bonchev–Trinajstić information content (AvgIpc) is 1.83. The molecular weight excluding hydrogens is 112 g/mol. The summed E-state index contributed by atoms with van der Waals surface area (Å²) >= 11 is 0. The molecule has 52 valence electrons. The molecular formula is C7H14N2. The third-order valence-corrected chi connectivity index (χ3v) is 2.15. The van der Waals surface area contributed by atoms with Crippen LogP contribution in [0.5, 0.6) is 0 Å². The van der Waals surface area contributed by atoms with Gasteiger partial charge in [0.05, 0.1) is 0 Å². The van der Waals surface area contributed by atoms with Crippen molar-refractivity contribution in [3.63, 3.8) is 0 Å². The van der Waals surface area contributed by atoms with Gasteiger partial charge in [-0.1, -0.05) is 6.92 Å². The molecule has 0 saturated heterocycles. The molecule has 0 aliphatic carbocycles. The van der Waals surface area contributed by atoms with Crippen molar-refractivity contribution in [1.82, 2.24) is 5.01 Å². The Morgan fingerprint density at radius 1 is 1.56 bits per heavy atom. The molecule has 0 radical (unpaired) electrons. The summed E-state index contributed by atoms with van der Waals surface area (Å²) in [4.78, 5) is 0. The Morgan fingerprint density at radius 3 is 2.67 bits per heavy atom. The molecule has 1 aliphatic rings. The van der Waals surface area contributed by atoms with Crippen molar-refractivity contribution in [2.45, 2.75) is 26.3 Å². The van der Waals surface area contributed by atoms with Gasteiger partial charge in [0.15, 0.2) is 0 Å². The maximum absolute atomic E-state index is 4.17. The minimum absolute atomic E-state index is 0.606. The van der Waals surface area contributed by atoms with E-state index in [4.69, 9.17) is 0 Å². The summed E-state index contributed by atoms with van der Waals surface area (Å²) in [5.74, 6) is 0.757. The molecule has 0 fully saturated rings. The first-order valence-corrected chi connectivity index (χ1v) is 3.47. The fraction of sp³-hybridized carbons (Fsp3) is 0.857. The summed E-state index contributed by atoms with van der Waals surface area (Å²) in [5, 5.41) is 6.19. The van der Waals surface area contributed by atoms with Gasteiger partial charge in [-0.15, -0.1) is 0 Å². The summed E-state index contributed by atoms with van der Waals surface area (Å²) < 4.78 is 0. The predicted octanol–water partition coefficient (Wildman–Crippen LogP) is 1.33. The molecule has 0 aromatic heterocycles. The van der Waals surface area contributed by atoms with Gasteiger partial charge in [0.1, 0.15) is 0 Å². The van der Waals surface area contributed by atoms with Gasteiger partial charge in [-0.3, -0.25) is 5.01 Å². The second-order valence-corrected chi connectivity index (χ2v) is 2.83. The summed E-state index contributed by atoms with van der Waals surface area (Å²) in [7, 11) is 2.02. The summed E-state index contributed by atoms with van der Waals surface area (Å²) in [5.41, 5.74) is 0.